The van der Waals surface area contributed by atoms with E-state index < -0.39 is 0 Å². The van der Waals surface area contributed by atoms with Crippen LogP contribution >= 0.6 is 12.4 Å². The molecular formula is C15H21ClN4O3. The monoisotopic (exact) mass is 340 g/mol. The summed E-state index contributed by atoms with van der Waals surface area (Å²) in [5.41, 5.74) is 1.63. The van der Waals surface area contributed by atoms with Crippen molar-refractivity contribution in [1.29, 1.82) is 0 Å². The van der Waals surface area contributed by atoms with E-state index in [0.717, 1.165) is 24.1 Å². The van der Waals surface area contributed by atoms with Gasteiger partial charge in [0.15, 0.2) is 0 Å². The number of carbonyl (C=O) groups excluding carboxylic acids is 1. The molecule has 1 fully saturated rings. The number of ether oxygens (including phenoxy) is 1. The van der Waals surface area contributed by atoms with Crippen LogP contribution < -0.4 is 11.0 Å². The molecule has 0 aliphatic carbocycles. The van der Waals surface area contributed by atoms with E-state index in [1.54, 1.807) is 21.1 Å². The maximum atomic E-state index is 12.2. The van der Waals surface area contributed by atoms with Gasteiger partial charge in [0, 0.05) is 33.2 Å². The third-order valence-electron chi connectivity index (χ3n) is 3.97. The van der Waals surface area contributed by atoms with Crippen LogP contribution in [0.25, 0.3) is 11.0 Å². The van der Waals surface area contributed by atoms with E-state index in [2.05, 4.69) is 5.32 Å². The molecule has 1 N–H and O–H groups in total. The summed E-state index contributed by atoms with van der Waals surface area (Å²) in [6.07, 6.45) is -0.310. The van der Waals surface area contributed by atoms with Crippen LogP contribution in [0.2, 0.25) is 0 Å². The first-order valence-electron chi connectivity index (χ1n) is 7.45. The first kappa shape index (κ1) is 17.4. The van der Waals surface area contributed by atoms with E-state index in [4.69, 9.17) is 4.74 Å². The number of hydrogen-bond acceptors (Lipinski definition) is 4. The van der Waals surface area contributed by atoms with Crippen molar-refractivity contribution in [2.45, 2.75) is 6.54 Å². The standard InChI is InChI=1S/C15H20N4O3.ClH/c1-17-12-4-2-3-5-13(12)19(14(17)20)10-11-22-15(21)18-8-6-16-7-9-18;/h2-5,16H,6-11H2,1H3;1H. The summed E-state index contributed by atoms with van der Waals surface area (Å²) >= 11 is 0. The lowest BCUT2D eigenvalue weighted by molar-refractivity contribution is 0.0947. The fourth-order valence-corrected chi connectivity index (χ4v) is 2.74. The molecule has 1 aliphatic heterocycles. The second kappa shape index (κ2) is 7.52. The lowest BCUT2D eigenvalue weighted by Crippen LogP contribution is -2.46. The summed E-state index contributed by atoms with van der Waals surface area (Å²) in [6, 6.07) is 7.59. The zero-order valence-corrected chi connectivity index (χ0v) is 13.8. The fraction of sp³-hybridized carbons (Fsp3) is 0.467. The molecule has 3 rings (SSSR count). The number of carbonyl (C=O) groups is 1. The van der Waals surface area contributed by atoms with Crippen molar-refractivity contribution >= 4 is 29.5 Å². The highest BCUT2D eigenvalue weighted by Crippen LogP contribution is 2.11. The number of rotatable bonds is 3. The highest BCUT2D eigenvalue weighted by Gasteiger charge is 2.17. The molecule has 1 aliphatic rings. The number of fused-ring (bicyclic) bond motifs is 1. The van der Waals surface area contributed by atoms with Gasteiger partial charge in [0.2, 0.25) is 0 Å². The molecule has 2 heterocycles. The smallest absolute Gasteiger partial charge is 0.409 e. The van der Waals surface area contributed by atoms with E-state index in [1.165, 1.54) is 0 Å². The van der Waals surface area contributed by atoms with Crippen molar-refractivity contribution < 1.29 is 9.53 Å². The van der Waals surface area contributed by atoms with Gasteiger partial charge in [-0.2, -0.15) is 0 Å². The summed E-state index contributed by atoms with van der Waals surface area (Å²) in [5, 5.41) is 3.18. The number of imidazole rings is 1. The van der Waals surface area contributed by atoms with E-state index in [-0.39, 0.29) is 30.8 Å². The molecule has 0 radical (unpaired) electrons. The first-order chi connectivity index (χ1) is 10.7. The van der Waals surface area contributed by atoms with Crippen LogP contribution in [0.3, 0.4) is 0 Å². The van der Waals surface area contributed by atoms with Crippen molar-refractivity contribution in [2.75, 3.05) is 32.8 Å². The van der Waals surface area contributed by atoms with Crippen LogP contribution in [0.4, 0.5) is 4.79 Å². The summed E-state index contributed by atoms with van der Waals surface area (Å²) in [5.74, 6) is 0. The normalized spacial score (nSPS) is 14.6. The van der Waals surface area contributed by atoms with Crippen molar-refractivity contribution in [2.24, 2.45) is 7.05 Å². The van der Waals surface area contributed by atoms with Gasteiger partial charge in [0.05, 0.1) is 17.6 Å². The molecule has 0 saturated carbocycles. The van der Waals surface area contributed by atoms with E-state index in [9.17, 15) is 9.59 Å². The van der Waals surface area contributed by atoms with Crippen LogP contribution in [0, 0.1) is 0 Å². The molecule has 0 atom stereocenters. The molecule has 23 heavy (non-hydrogen) atoms. The van der Waals surface area contributed by atoms with Gasteiger partial charge in [-0.3, -0.25) is 9.13 Å². The van der Waals surface area contributed by atoms with E-state index >= 15 is 0 Å². The Bertz CT molecular complexity index is 734. The third kappa shape index (κ3) is 3.51. The number of para-hydroxylation sites is 2. The van der Waals surface area contributed by atoms with Gasteiger partial charge >= 0.3 is 11.8 Å². The zero-order chi connectivity index (χ0) is 15.5. The molecule has 1 aromatic heterocycles. The highest BCUT2D eigenvalue weighted by molar-refractivity contribution is 5.85. The number of aromatic nitrogens is 2. The molecule has 1 amide bonds. The van der Waals surface area contributed by atoms with Crippen LogP contribution in [0.15, 0.2) is 29.1 Å². The number of nitrogens with one attached hydrogen (secondary N) is 1. The molecule has 7 nitrogen and oxygen atoms in total. The van der Waals surface area contributed by atoms with Gasteiger partial charge in [-0.1, -0.05) is 12.1 Å². The Balaban J connectivity index is 0.00000192. The average Bonchev–Trinajstić information content (AvgIpc) is 2.81. The number of hydrogen-bond donors (Lipinski definition) is 1. The Hall–Kier alpha value is -1.99. The minimum Gasteiger partial charge on any atom is -0.448 e. The Morgan fingerprint density at radius 3 is 2.57 bits per heavy atom. The molecule has 2 aromatic rings. The van der Waals surface area contributed by atoms with Gasteiger partial charge in [-0.15, -0.1) is 12.4 Å². The molecule has 8 heteroatoms. The number of piperazine rings is 1. The lowest BCUT2D eigenvalue weighted by atomic mass is 10.3. The molecule has 0 unspecified atom stereocenters. The Morgan fingerprint density at radius 2 is 1.87 bits per heavy atom. The van der Waals surface area contributed by atoms with Gasteiger partial charge in [0.25, 0.3) is 0 Å². The Labute approximate surface area is 140 Å². The molecular weight excluding hydrogens is 320 g/mol. The maximum absolute atomic E-state index is 12.2. The SMILES string of the molecule is Cl.Cn1c(=O)n(CCOC(=O)N2CCNCC2)c2ccccc21. The molecule has 126 valence electrons. The second-order valence-electron chi connectivity index (χ2n) is 5.33. The largest absolute Gasteiger partial charge is 0.448 e. The first-order valence-corrected chi connectivity index (χ1v) is 7.45. The van der Waals surface area contributed by atoms with E-state index in [0.29, 0.717) is 19.6 Å². The van der Waals surface area contributed by atoms with Crippen LogP contribution in [-0.2, 0) is 18.3 Å². The van der Waals surface area contributed by atoms with E-state index in [1.807, 2.05) is 24.3 Å². The summed E-state index contributed by atoms with van der Waals surface area (Å²) in [4.78, 5) is 25.8. The van der Waals surface area contributed by atoms with Gasteiger partial charge in [0.1, 0.15) is 6.61 Å². The van der Waals surface area contributed by atoms with Gasteiger partial charge in [-0.25, -0.2) is 9.59 Å². The lowest BCUT2D eigenvalue weighted by Gasteiger charge is -2.26. The second-order valence-corrected chi connectivity index (χ2v) is 5.33. The zero-order valence-electron chi connectivity index (χ0n) is 13.0. The van der Waals surface area contributed by atoms with Crippen molar-refractivity contribution in [1.82, 2.24) is 19.4 Å². The molecule has 0 spiro atoms. The number of benzene rings is 1. The molecule has 0 bridgehead atoms. The third-order valence-corrected chi connectivity index (χ3v) is 3.97. The Morgan fingerprint density at radius 1 is 1.22 bits per heavy atom. The number of halogens is 1. The van der Waals surface area contributed by atoms with Crippen molar-refractivity contribution in [3.05, 3.63) is 34.7 Å². The predicted molar refractivity (Wildman–Crippen MR) is 90.2 cm³/mol. The van der Waals surface area contributed by atoms with Crippen LogP contribution in [0.5, 0.6) is 0 Å². The number of amides is 1. The average molecular weight is 341 g/mol. The van der Waals surface area contributed by atoms with Crippen LogP contribution in [0.1, 0.15) is 0 Å². The predicted octanol–water partition coefficient (Wildman–Crippen LogP) is 0.804. The molecule has 1 saturated heterocycles. The summed E-state index contributed by atoms with van der Waals surface area (Å²) in [6.45, 7) is 3.45. The quantitative estimate of drug-likeness (QED) is 0.897. The number of aryl methyl sites for hydroxylation is 1. The summed E-state index contributed by atoms with van der Waals surface area (Å²) < 4.78 is 8.53. The summed E-state index contributed by atoms with van der Waals surface area (Å²) in [7, 11) is 1.74. The Kier molecular flexibility index (Phi) is 5.68. The maximum Gasteiger partial charge on any atom is 0.409 e. The topological polar surface area (TPSA) is 68.5 Å². The highest BCUT2D eigenvalue weighted by atomic mass is 35.5. The fourth-order valence-electron chi connectivity index (χ4n) is 2.74. The van der Waals surface area contributed by atoms with Crippen molar-refractivity contribution in [3.8, 4) is 0 Å². The number of nitrogens with zero attached hydrogens (tertiary/aromatic N) is 3. The molecule has 1 aromatic carbocycles. The van der Waals surface area contributed by atoms with Gasteiger partial charge in [-0.05, 0) is 12.1 Å². The minimum atomic E-state index is -0.310. The minimum absolute atomic E-state index is 0. The van der Waals surface area contributed by atoms with Gasteiger partial charge < -0.3 is 15.0 Å². The van der Waals surface area contributed by atoms with Crippen molar-refractivity contribution in [3.63, 3.8) is 0 Å². The van der Waals surface area contributed by atoms with Crippen LogP contribution in [-0.4, -0.2) is 52.9 Å².